The number of nitrogens with zero attached hydrogens (tertiary/aromatic N) is 2. The number of hydrogen-bond acceptors (Lipinski definition) is 3. The summed E-state index contributed by atoms with van der Waals surface area (Å²) in [5, 5.41) is 0. The van der Waals surface area contributed by atoms with Crippen LogP contribution in [0.25, 0.3) is 11.0 Å². The minimum Gasteiger partial charge on any atom is -0.496 e. The fraction of sp³-hybridized carbons (Fsp3) is 0.440. The smallest absolute Gasteiger partial charge is 0.254 e. The number of nitrogens with one attached hydrogen (secondary N) is 1. The molecule has 5 heteroatoms. The summed E-state index contributed by atoms with van der Waals surface area (Å²) >= 11 is 0. The second-order valence-electron chi connectivity index (χ2n) is 9.64. The van der Waals surface area contributed by atoms with Gasteiger partial charge in [0.15, 0.2) is 0 Å². The molecule has 2 aliphatic rings. The number of carbonyl (C=O) groups excluding carboxylic acids is 1. The highest BCUT2D eigenvalue weighted by atomic mass is 16.5. The maximum atomic E-state index is 13.6. The summed E-state index contributed by atoms with van der Waals surface area (Å²) in [6.07, 6.45) is 3.48. The Labute approximate surface area is 177 Å². The second kappa shape index (κ2) is 6.34. The van der Waals surface area contributed by atoms with Gasteiger partial charge in [0.1, 0.15) is 5.75 Å². The van der Waals surface area contributed by atoms with E-state index in [9.17, 15) is 4.79 Å². The molecule has 0 saturated carbocycles. The summed E-state index contributed by atoms with van der Waals surface area (Å²) in [6.45, 7) is 9.87. The molecule has 30 heavy (non-hydrogen) atoms. The quantitative estimate of drug-likeness (QED) is 0.678. The Balaban J connectivity index is 1.57. The van der Waals surface area contributed by atoms with E-state index >= 15 is 0 Å². The van der Waals surface area contributed by atoms with Crippen LogP contribution in [0.5, 0.6) is 5.75 Å². The molecule has 1 saturated heterocycles. The zero-order valence-corrected chi connectivity index (χ0v) is 18.4. The van der Waals surface area contributed by atoms with Crippen LogP contribution in [-0.2, 0) is 11.8 Å². The Kier molecular flexibility index (Phi) is 4.05. The predicted molar refractivity (Wildman–Crippen MR) is 118 cm³/mol. The molecule has 1 N–H and O–H groups in total. The first-order valence-corrected chi connectivity index (χ1v) is 10.7. The van der Waals surface area contributed by atoms with Crippen molar-refractivity contribution < 1.29 is 9.53 Å². The third kappa shape index (κ3) is 2.47. The lowest BCUT2D eigenvalue weighted by atomic mass is 9.51. The van der Waals surface area contributed by atoms with E-state index in [4.69, 9.17) is 4.74 Å². The van der Waals surface area contributed by atoms with Crippen LogP contribution in [0.2, 0.25) is 0 Å². The molecule has 1 fully saturated rings. The molecule has 1 aliphatic heterocycles. The van der Waals surface area contributed by atoms with E-state index < -0.39 is 0 Å². The van der Waals surface area contributed by atoms with E-state index in [1.165, 1.54) is 11.1 Å². The fourth-order valence-corrected chi connectivity index (χ4v) is 5.76. The number of imidazole rings is 1. The van der Waals surface area contributed by atoms with Crippen LogP contribution in [0.15, 0.2) is 36.7 Å². The number of rotatable bonds is 2. The van der Waals surface area contributed by atoms with Gasteiger partial charge in [0.25, 0.3) is 5.91 Å². The SMILES string of the molecule is COc1cc2c(cc1C)CC1N(C(=O)c3ccc4nc[nH]c4c3)CC[C@]2(C)C1(C)C. The number of aryl methyl sites for hydroxylation is 1. The highest BCUT2D eigenvalue weighted by Crippen LogP contribution is 2.57. The van der Waals surface area contributed by atoms with Crippen molar-refractivity contribution in [2.75, 3.05) is 13.7 Å². The number of hydrogen-bond donors (Lipinski definition) is 1. The predicted octanol–water partition coefficient (Wildman–Crippen LogP) is 4.63. The molecule has 2 aromatic carbocycles. The number of methoxy groups -OCH3 is 1. The summed E-state index contributed by atoms with van der Waals surface area (Å²) < 4.78 is 5.63. The molecular weight excluding hydrogens is 374 g/mol. The lowest BCUT2D eigenvalue weighted by molar-refractivity contribution is -0.0263. The van der Waals surface area contributed by atoms with Crippen LogP contribution < -0.4 is 4.74 Å². The van der Waals surface area contributed by atoms with Gasteiger partial charge < -0.3 is 14.6 Å². The maximum Gasteiger partial charge on any atom is 0.254 e. The van der Waals surface area contributed by atoms with Crippen molar-refractivity contribution in [1.82, 2.24) is 14.9 Å². The van der Waals surface area contributed by atoms with E-state index in [1.807, 2.05) is 18.2 Å². The topological polar surface area (TPSA) is 58.2 Å². The third-order valence-electron chi connectivity index (χ3n) is 8.04. The van der Waals surface area contributed by atoms with Crippen molar-refractivity contribution in [2.45, 2.75) is 52.0 Å². The summed E-state index contributed by atoms with van der Waals surface area (Å²) in [5.74, 6) is 1.07. The number of benzene rings is 2. The molecule has 5 rings (SSSR count). The van der Waals surface area contributed by atoms with Crippen LogP contribution in [0, 0.1) is 12.3 Å². The van der Waals surface area contributed by atoms with Gasteiger partial charge in [-0.15, -0.1) is 0 Å². The minimum atomic E-state index is -0.0493. The lowest BCUT2D eigenvalue weighted by Gasteiger charge is -2.61. The Morgan fingerprint density at radius 3 is 2.80 bits per heavy atom. The van der Waals surface area contributed by atoms with Gasteiger partial charge in [0.2, 0.25) is 0 Å². The summed E-state index contributed by atoms with van der Waals surface area (Å²) in [5.41, 5.74) is 6.34. The fourth-order valence-electron chi connectivity index (χ4n) is 5.76. The van der Waals surface area contributed by atoms with E-state index in [0.29, 0.717) is 0 Å². The van der Waals surface area contributed by atoms with Gasteiger partial charge in [-0.3, -0.25) is 4.79 Å². The van der Waals surface area contributed by atoms with Gasteiger partial charge in [-0.25, -0.2) is 4.98 Å². The number of ether oxygens (including phenoxy) is 1. The van der Waals surface area contributed by atoms with Gasteiger partial charge in [-0.2, -0.15) is 0 Å². The van der Waals surface area contributed by atoms with Crippen LogP contribution >= 0.6 is 0 Å². The highest BCUT2D eigenvalue weighted by Gasteiger charge is 2.57. The third-order valence-corrected chi connectivity index (χ3v) is 8.04. The molecule has 3 aromatic rings. The normalized spacial score (nSPS) is 24.6. The number of fused-ring (bicyclic) bond motifs is 5. The van der Waals surface area contributed by atoms with Gasteiger partial charge in [0, 0.05) is 23.6 Å². The number of carbonyl (C=O) groups is 1. The summed E-state index contributed by atoms with van der Waals surface area (Å²) in [6, 6.07) is 10.4. The van der Waals surface area contributed by atoms with Gasteiger partial charge >= 0.3 is 0 Å². The first-order valence-electron chi connectivity index (χ1n) is 10.7. The molecule has 2 atom stereocenters. The Hall–Kier alpha value is -2.82. The van der Waals surface area contributed by atoms with Gasteiger partial charge in [0.05, 0.1) is 24.5 Å². The van der Waals surface area contributed by atoms with Crippen molar-refractivity contribution in [2.24, 2.45) is 5.41 Å². The average molecular weight is 404 g/mol. The first-order chi connectivity index (χ1) is 14.3. The number of aromatic nitrogens is 2. The van der Waals surface area contributed by atoms with Crippen molar-refractivity contribution in [3.05, 3.63) is 58.9 Å². The van der Waals surface area contributed by atoms with Crippen LogP contribution in [0.4, 0.5) is 0 Å². The largest absolute Gasteiger partial charge is 0.496 e. The minimum absolute atomic E-state index is 0.00363. The Morgan fingerprint density at radius 2 is 2.03 bits per heavy atom. The molecule has 5 nitrogen and oxygen atoms in total. The van der Waals surface area contributed by atoms with Crippen molar-refractivity contribution in [3.8, 4) is 5.75 Å². The number of H-pyrrole nitrogens is 1. The maximum absolute atomic E-state index is 13.6. The number of amides is 1. The molecule has 1 aliphatic carbocycles. The lowest BCUT2D eigenvalue weighted by Crippen LogP contribution is -2.64. The van der Waals surface area contributed by atoms with E-state index in [2.05, 4.69) is 54.7 Å². The number of likely N-dealkylation sites (tertiary alicyclic amines) is 1. The average Bonchev–Trinajstić information content (AvgIpc) is 3.18. The Bertz CT molecular complexity index is 1160. The molecular formula is C25H29N3O2. The van der Waals surface area contributed by atoms with Crippen LogP contribution in [0.1, 0.15) is 54.2 Å². The van der Waals surface area contributed by atoms with Crippen LogP contribution in [-0.4, -0.2) is 40.5 Å². The van der Waals surface area contributed by atoms with Gasteiger partial charge in [-0.1, -0.05) is 26.8 Å². The van der Waals surface area contributed by atoms with Crippen molar-refractivity contribution >= 4 is 16.9 Å². The first kappa shape index (κ1) is 19.2. The highest BCUT2D eigenvalue weighted by molar-refractivity contribution is 5.97. The molecule has 156 valence electrons. The molecule has 0 radical (unpaired) electrons. The van der Waals surface area contributed by atoms with Crippen molar-refractivity contribution in [1.29, 1.82) is 0 Å². The van der Waals surface area contributed by atoms with E-state index in [1.54, 1.807) is 13.4 Å². The molecule has 1 unspecified atom stereocenters. The molecule has 1 aromatic heterocycles. The Morgan fingerprint density at radius 1 is 1.23 bits per heavy atom. The summed E-state index contributed by atoms with van der Waals surface area (Å²) in [7, 11) is 1.74. The number of aromatic amines is 1. The zero-order valence-electron chi connectivity index (χ0n) is 18.4. The van der Waals surface area contributed by atoms with E-state index in [-0.39, 0.29) is 22.8 Å². The molecule has 2 heterocycles. The summed E-state index contributed by atoms with van der Waals surface area (Å²) in [4.78, 5) is 23.1. The van der Waals surface area contributed by atoms with E-state index in [0.717, 1.165) is 47.3 Å². The zero-order chi connectivity index (χ0) is 21.3. The van der Waals surface area contributed by atoms with Crippen molar-refractivity contribution in [3.63, 3.8) is 0 Å². The van der Waals surface area contributed by atoms with Crippen LogP contribution in [0.3, 0.4) is 0 Å². The van der Waals surface area contributed by atoms with Gasteiger partial charge in [-0.05, 0) is 66.1 Å². The number of piperidine rings is 1. The molecule has 2 bridgehead atoms. The standard InChI is InChI=1S/C25H29N3O2/c1-15-10-17-12-22-24(2,3)25(4,18(17)13-21(15)30-5)8-9-28(22)23(29)16-6-7-19-20(11-16)27-14-26-19/h6-7,10-11,13-14,22H,8-9,12H2,1-5H3,(H,26,27)/t22?,25-/m0/s1. The second-order valence-corrected chi connectivity index (χ2v) is 9.64. The molecule has 1 amide bonds. The molecule has 0 spiro atoms. The monoisotopic (exact) mass is 403 g/mol.